The van der Waals surface area contributed by atoms with E-state index in [0.717, 1.165) is 10.9 Å². The van der Waals surface area contributed by atoms with Gasteiger partial charge in [-0.3, -0.25) is 10.1 Å². The summed E-state index contributed by atoms with van der Waals surface area (Å²) in [6.45, 7) is 0.205. The molecular weight excluding hydrogens is 280 g/mol. The fourth-order valence-corrected chi connectivity index (χ4v) is 2.10. The first kappa shape index (κ1) is 13.9. The Morgan fingerprint density at radius 2 is 1.82 bits per heavy atom. The Bertz CT molecular complexity index is 856. The van der Waals surface area contributed by atoms with Gasteiger partial charge < -0.3 is 9.72 Å². The van der Waals surface area contributed by atoms with Gasteiger partial charge >= 0.3 is 6.09 Å². The summed E-state index contributed by atoms with van der Waals surface area (Å²) in [6.07, 6.45) is -0.540. The summed E-state index contributed by atoms with van der Waals surface area (Å²) in [5, 5.41) is 3.53. The van der Waals surface area contributed by atoms with Crippen LogP contribution in [0.1, 0.15) is 5.56 Å². The van der Waals surface area contributed by atoms with E-state index < -0.39 is 6.09 Å². The molecule has 22 heavy (non-hydrogen) atoms. The average molecular weight is 294 g/mol. The van der Waals surface area contributed by atoms with Gasteiger partial charge in [-0.2, -0.15) is 0 Å². The molecule has 1 heterocycles. The average Bonchev–Trinajstić information content (AvgIpc) is 2.53. The van der Waals surface area contributed by atoms with Crippen LogP contribution < -0.4 is 10.9 Å². The maximum Gasteiger partial charge on any atom is 0.411 e. The minimum absolute atomic E-state index is 0.184. The van der Waals surface area contributed by atoms with Crippen LogP contribution in [0, 0.1) is 0 Å². The summed E-state index contributed by atoms with van der Waals surface area (Å²) in [6, 6.07) is 17.9. The summed E-state index contributed by atoms with van der Waals surface area (Å²) >= 11 is 0. The molecule has 3 aromatic rings. The van der Waals surface area contributed by atoms with E-state index in [1.54, 1.807) is 18.2 Å². The van der Waals surface area contributed by atoms with Crippen LogP contribution in [0.2, 0.25) is 0 Å². The lowest BCUT2D eigenvalue weighted by molar-refractivity contribution is 0.155. The number of ether oxygens (including phenoxy) is 1. The third kappa shape index (κ3) is 3.32. The van der Waals surface area contributed by atoms with Crippen molar-refractivity contribution in [1.29, 1.82) is 0 Å². The molecule has 110 valence electrons. The molecular formula is C17H14N2O3. The summed E-state index contributed by atoms with van der Waals surface area (Å²) in [4.78, 5) is 25.8. The summed E-state index contributed by atoms with van der Waals surface area (Å²) in [5.74, 6) is 0. The number of rotatable bonds is 3. The number of anilines is 1. The molecule has 0 aliphatic heterocycles. The molecule has 0 unspecified atom stereocenters. The van der Waals surface area contributed by atoms with Gasteiger partial charge in [0.05, 0.1) is 5.52 Å². The van der Waals surface area contributed by atoms with Gasteiger partial charge in [-0.05, 0) is 29.1 Å². The monoisotopic (exact) mass is 294 g/mol. The molecule has 5 heteroatoms. The highest BCUT2D eigenvalue weighted by molar-refractivity contribution is 5.89. The second kappa shape index (κ2) is 6.13. The summed E-state index contributed by atoms with van der Waals surface area (Å²) in [5.41, 5.74) is 1.96. The van der Waals surface area contributed by atoms with Crippen LogP contribution in [0.25, 0.3) is 10.9 Å². The van der Waals surface area contributed by atoms with E-state index in [0.29, 0.717) is 11.2 Å². The van der Waals surface area contributed by atoms with Crippen molar-refractivity contribution in [2.75, 3.05) is 5.32 Å². The Balaban J connectivity index is 1.67. The number of carbonyl (C=O) groups excluding carboxylic acids is 1. The van der Waals surface area contributed by atoms with Gasteiger partial charge in [-0.15, -0.1) is 0 Å². The van der Waals surface area contributed by atoms with Crippen molar-refractivity contribution in [3.05, 3.63) is 76.6 Å². The number of carbonyl (C=O) groups is 1. The lowest BCUT2D eigenvalue weighted by atomic mass is 10.2. The number of aromatic nitrogens is 1. The van der Waals surface area contributed by atoms with Crippen LogP contribution >= 0.6 is 0 Å². The van der Waals surface area contributed by atoms with Crippen molar-refractivity contribution in [3.63, 3.8) is 0 Å². The number of fused-ring (bicyclic) bond motifs is 1. The van der Waals surface area contributed by atoms with Gasteiger partial charge in [-0.1, -0.05) is 36.4 Å². The Morgan fingerprint density at radius 3 is 2.64 bits per heavy atom. The molecule has 0 atom stereocenters. The number of aromatic amines is 1. The molecule has 2 N–H and O–H groups in total. The second-order valence-corrected chi connectivity index (χ2v) is 4.81. The van der Waals surface area contributed by atoms with Gasteiger partial charge in [-0.25, -0.2) is 4.79 Å². The van der Waals surface area contributed by atoms with Crippen molar-refractivity contribution in [3.8, 4) is 0 Å². The topological polar surface area (TPSA) is 71.2 Å². The fourth-order valence-electron chi connectivity index (χ4n) is 2.10. The zero-order valence-electron chi connectivity index (χ0n) is 11.7. The molecule has 0 fully saturated rings. The van der Waals surface area contributed by atoms with Crippen molar-refractivity contribution < 1.29 is 9.53 Å². The normalized spacial score (nSPS) is 10.4. The molecule has 1 aromatic heterocycles. The van der Waals surface area contributed by atoms with Crippen LogP contribution in [-0.4, -0.2) is 11.1 Å². The number of pyridine rings is 1. The first-order valence-corrected chi connectivity index (χ1v) is 6.81. The minimum atomic E-state index is -0.540. The van der Waals surface area contributed by atoms with E-state index in [-0.39, 0.29) is 12.2 Å². The lowest BCUT2D eigenvalue weighted by Crippen LogP contribution is -2.13. The molecule has 0 bridgehead atoms. The van der Waals surface area contributed by atoms with Crippen LogP contribution in [0.4, 0.5) is 10.5 Å². The van der Waals surface area contributed by atoms with Crippen molar-refractivity contribution >= 4 is 22.7 Å². The lowest BCUT2D eigenvalue weighted by Gasteiger charge is -2.08. The van der Waals surface area contributed by atoms with Crippen molar-refractivity contribution in [1.82, 2.24) is 4.98 Å². The quantitative estimate of drug-likeness (QED) is 0.778. The number of amides is 1. The molecule has 0 saturated heterocycles. The first-order valence-electron chi connectivity index (χ1n) is 6.81. The SMILES string of the molecule is O=C(Nc1ccc2ccc(=O)[nH]c2c1)OCc1ccccc1. The largest absolute Gasteiger partial charge is 0.444 e. The standard InChI is InChI=1S/C17H14N2O3/c20-16-9-7-13-6-8-14(10-15(13)19-16)18-17(21)22-11-12-4-2-1-3-5-12/h1-10H,11H2,(H,18,21)(H,19,20). The van der Waals surface area contributed by atoms with Gasteiger partial charge in [0, 0.05) is 11.8 Å². The number of benzene rings is 2. The molecule has 3 rings (SSSR count). The molecule has 0 radical (unpaired) electrons. The predicted octanol–water partition coefficient (Wildman–Crippen LogP) is 3.28. The van der Waals surface area contributed by atoms with E-state index in [4.69, 9.17) is 4.74 Å². The number of H-pyrrole nitrogens is 1. The Labute approximate surface area is 126 Å². The molecule has 5 nitrogen and oxygen atoms in total. The number of hydrogen-bond acceptors (Lipinski definition) is 3. The van der Waals surface area contributed by atoms with E-state index in [9.17, 15) is 9.59 Å². The van der Waals surface area contributed by atoms with Crippen molar-refractivity contribution in [2.45, 2.75) is 6.61 Å². The van der Waals surface area contributed by atoms with Crippen molar-refractivity contribution in [2.24, 2.45) is 0 Å². The highest BCUT2D eigenvalue weighted by Crippen LogP contribution is 2.16. The number of nitrogens with one attached hydrogen (secondary N) is 2. The van der Waals surface area contributed by atoms with E-state index in [1.165, 1.54) is 6.07 Å². The van der Waals surface area contributed by atoms with Gasteiger partial charge in [0.2, 0.25) is 5.56 Å². The molecule has 1 amide bonds. The summed E-state index contributed by atoms with van der Waals surface area (Å²) in [7, 11) is 0. The van der Waals surface area contributed by atoms with E-state index in [1.807, 2.05) is 36.4 Å². The summed E-state index contributed by atoms with van der Waals surface area (Å²) < 4.78 is 5.15. The second-order valence-electron chi connectivity index (χ2n) is 4.81. The zero-order valence-corrected chi connectivity index (χ0v) is 11.7. The molecule has 0 aliphatic carbocycles. The smallest absolute Gasteiger partial charge is 0.411 e. The van der Waals surface area contributed by atoms with E-state index in [2.05, 4.69) is 10.3 Å². The molecule has 0 saturated carbocycles. The van der Waals surface area contributed by atoms with E-state index >= 15 is 0 Å². The van der Waals surface area contributed by atoms with Gasteiger partial charge in [0.25, 0.3) is 0 Å². The van der Waals surface area contributed by atoms with Crippen LogP contribution in [0.3, 0.4) is 0 Å². The Morgan fingerprint density at radius 1 is 1.05 bits per heavy atom. The maximum atomic E-state index is 11.8. The van der Waals surface area contributed by atoms with Crippen LogP contribution in [0.15, 0.2) is 65.5 Å². The van der Waals surface area contributed by atoms with Crippen LogP contribution in [0.5, 0.6) is 0 Å². The zero-order chi connectivity index (χ0) is 15.4. The van der Waals surface area contributed by atoms with Gasteiger partial charge in [0.15, 0.2) is 0 Å². The first-order chi connectivity index (χ1) is 10.7. The Kier molecular flexibility index (Phi) is 3.87. The molecule has 2 aromatic carbocycles. The Hall–Kier alpha value is -3.08. The predicted molar refractivity (Wildman–Crippen MR) is 84.8 cm³/mol. The third-order valence-corrected chi connectivity index (χ3v) is 3.18. The van der Waals surface area contributed by atoms with Gasteiger partial charge in [0.1, 0.15) is 6.61 Å². The highest BCUT2D eigenvalue weighted by atomic mass is 16.5. The van der Waals surface area contributed by atoms with Crippen LogP contribution in [-0.2, 0) is 11.3 Å². The third-order valence-electron chi connectivity index (χ3n) is 3.18. The minimum Gasteiger partial charge on any atom is -0.444 e. The number of hydrogen-bond donors (Lipinski definition) is 2. The fraction of sp³-hybridized carbons (Fsp3) is 0.0588. The maximum absolute atomic E-state index is 11.8. The molecule has 0 aliphatic rings. The molecule has 0 spiro atoms. The highest BCUT2D eigenvalue weighted by Gasteiger charge is 2.05.